The largest absolute Gasteiger partial charge is 0.394 e. The molecule has 1 aliphatic heterocycles. The maximum absolute atomic E-state index is 13.1. The van der Waals surface area contributed by atoms with Crippen LogP contribution < -0.4 is 0 Å². The van der Waals surface area contributed by atoms with E-state index < -0.39 is 16.1 Å². The number of amides is 1. The number of hydrogen-bond acceptors (Lipinski definition) is 7. The molecule has 1 aliphatic rings. The van der Waals surface area contributed by atoms with Crippen LogP contribution in [0.15, 0.2) is 41.4 Å². The molecule has 3 atom stereocenters. The van der Waals surface area contributed by atoms with E-state index in [1.807, 2.05) is 6.92 Å². The topological polar surface area (TPSA) is 118 Å². The number of nitrogens with zero attached hydrogens (tertiary/aromatic N) is 5. The van der Waals surface area contributed by atoms with E-state index in [0.717, 1.165) is 5.69 Å². The molecule has 10 nitrogen and oxygen atoms in total. The van der Waals surface area contributed by atoms with Gasteiger partial charge in [0.25, 0.3) is 0 Å². The Hall–Kier alpha value is -2.34. The standard InChI is InChI=1S/C22H33N5O5S/c1-17-13-26(18(2)15-28)22(29)10-7-11-27-19(12-23-24-27)16-32-21(17)14-25(3)33(30,31)20-8-5-4-6-9-20/h4-6,8-9,12,17-18,21,28H,7,10-11,13-16H2,1-3H3/t17-,18-,21+/m1/s1. The molecule has 11 heteroatoms. The van der Waals surface area contributed by atoms with Gasteiger partial charge in [-0.15, -0.1) is 5.10 Å². The number of likely N-dealkylation sites (N-methyl/N-ethyl adjacent to an activating group) is 1. The number of aliphatic hydroxyl groups is 1. The van der Waals surface area contributed by atoms with Crippen LogP contribution in [0.2, 0.25) is 0 Å². The molecule has 0 radical (unpaired) electrons. The Morgan fingerprint density at radius 3 is 2.73 bits per heavy atom. The molecule has 33 heavy (non-hydrogen) atoms. The summed E-state index contributed by atoms with van der Waals surface area (Å²) in [7, 11) is -2.18. The summed E-state index contributed by atoms with van der Waals surface area (Å²) in [5.74, 6) is -0.255. The second kappa shape index (κ2) is 11.2. The molecule has 0 aliphatic carbocycles. The van der Waals surface area contributed by atoms with Gasteiger partial charge in [-0.1, -0.05) is 30.3 Å². The van der Waals surface area contributed by atoms with Crippen LogP contribution in [0.4, 0.5) is 0 Å². The number of fused-ring (bicyclic) bond motifs is 1. The molecule has 3 rings (SSSR count). The van der Waals surface area contributed by atoms with Gasteiger partial charge in [0.2, 0.25) is 15.9 Å². The van der Waals surface area contributed by atoms with Gasteiger partial charge < -0.3 is 14.7 Å². The minimum Gasteiger partial charge on any atom is -0.394 e. The molecule has 0 unspecified atom stereocenters. The number of aliphatic hydroxyl groups excluding tert-OH is 1. The molecule has 1 N–H and O–H groups in total. The fourth-order valence-electron chi connectivity index (χ4n) is 3.87. The van der Waals surface area contributed by atoms with Crippen molar-refractivity contribution in [2.45, 2.75) is 56.9 Å². The second-order valence-electron chi connectivity index (χ2n) is 8.56. The first-order chi connectivity index (χ1) is 15.7. The number of benzene rings is 1. The minimum atomic E-state index is -3.70. The SMILES string of the molecule is C[C@@H]1CN([C@H](C)CO)C(=O)CCCn2nncc2CO[C@H]1CN(C)S(=O)(=O)c1ccccc1. The lowest BCUT2D eigenvalue weighted by Gasteiger charge is -2.35. The van der Waals surface area contributed by atoms with Crippen LogP contribution in [0, 0.1) is 5.92 Å². The first-order valence-corrected chi connectivity index (χ1v) is 12.6. The molecular formula is C22H33N5O5S. The Balaban J connectivity index is 1.86. The van der Waals surface area contributed by atoms with E-state index in [1.54, 1.807) is 53.0 Å². The van der Waals surface area contributed by atoms with Gasteiger partial charge in [0.1, 0.15) is 0 Å². The molecule has 182 valence electrons. The fourth-order valence-corrected chi connectivity index (χ4v) is 5.07. The summed E-state index contributed by atoms with van der Waals surface area (Å²) >= 11 is 0. The van der Waals surface area contributed by atoms with Crippen molar-refractivity contribution in [3.05, 3.63) is 42.2 Å². The predicted octanol–water partition coefficient (Wildman–Crippen LogP) is 1.12. The number of hydrogen-bond donors (Lipinski definition) is 1. The molecule has 1 amide bonds. The summed E-state index contributed by atoms with van der Waals surface area (Å²) in [6.07, 6.45) is 2.04. The lowest BCUT2D eigenvalue weighted by Crippen LogP contribution is -2.47. The van der Waals surface area contributed by atoms with Gasteiger partial charge >= 0.3 is 0 Å². The van der Waals surface area contributed by atoms with Crippen LogP contribution in [0.1, 0.15) is 32.4 Å². The molecule has 2 heterocycles. The maximum atomic E-state index is 13.1. The van der Waals surface area contributed by atoms with Crippen LogP contribution in [0.5, 0.6) is 0 Å². The number of carbonyl (C=O) groups is 1. The van der Waals surface area contributed by atoms with Crippen molar-refractivity contribution in [3.63, 3.8) is 0 Å². The third-order valence-electron chi connectivity index (χ3n) is 6.03. The second-order valence-corrected chi connectivity index (χ2v) is 10.6. The number of ether oxygens (including phenoxy) is 1. The summed E-state index contributed by atoms with van der Waals surface area (Å²) < 4.78 is 35.3. The molecule has 0 saturated carbocycles. The Morgan fingerprint density at radius 1 is 1.30 bits per heavy atom. The van der Waals surface area contributed by atoms with Crippen molar-refractivity contribution >= 4 is 15.9 Å². The average Bonchev–Trinajstić information content (AvgIpc) is 3.26. The molecule has 0 bridgehead atoms. The molecule has 2 aromatic rings. The van der Waals surface area contributed by atoms with Gasteiger partial charge in [-0.05, 0) is 25.5 Å². The van der Waals surface area contributed by atoms with Crippen molar-refractivity contribution in [1.29, 1.82) is 0 Å². The highest BCUT2D eigenvalue weighted by Crippen LogP contribution is 2.21. The van der Waals surface area contributed by atoms with Gasteiger partial charge in [-0.3, -0.25) is 4.79 Å². The molecule has 1 aromatic carbocycles. The van der Waals surface area contributed by atoms with Gasteiger partial charge in [-0.2, -0.15) is 4.31 Å². The molecule has 0 fully saturated rings. The molecule has 1 aromatic heterocycles. The number of rotatable bonds is 6. The third kappa shape index (κ3) is 6.17. The molecular weight excluding hydrogens is 446 g/mol. The van der Waals surface area contributed by atoms with Crippen molar-refractivity contribution in [2.75, 3.05) is 26.7 Å². The van der Waals surface area contributed by atoms with E-state index in [9.17, 15) is 18.3 Å². The van der Waals surface area contributed by atoms with E-state index >= 15 is 0 Å². The number of sulfonamides is 1. The lowest BCUT2D eigenvalue weighted by molar-refractivity contribution is -0.136. The fraction of sp³-hybridized carbons (Fsp3) is 0.591. The van der Waals surface area contributed by atoms with Crippen LogP contribution in [-0.4, -0.2) is 82.5 Å². The first-order valence-electron chi connectivity index (χ1n) is 11.1. The summed E-state index contributed by atoms with van der Waals surface area (Å²) in [6, 6.07) is 7.90. The van der Waals surface area contributed by atoms with Crippen molar-refractivity contribution < 1.29 is 23.1 Å². The average molecular weight is 480 g/mol. The van der Waals surface area contributed by atoms with Crippen molar-refractivity contribution in [2.24, 2.45) is 5.92 Å². The van der Waals surface area contributed by atoms with Gasteiger partial charge in [0.05, 0.1) is 42.1 Å². The highest BCUT2D eigenvalue weighted by molar-refractivity contribution is 7.89. The smallest absolute Gasteiger partial charge is 0.242 e. The summed E-state index contributed by atoms with van der Waals surface area (Å²) in [6.45, 7) is 4.78. The number of aromatic nitrogens is 3. The predicted molar refractivity (Wildman–Crippen MR) is 122 cm³/mol. The van der Waals surface area contributed by atoms with Crippen LogP contribution >= 0.6 is 0 Å². The van der Waals surface area contributed by atoms with Crippen LogP contribution in [0.25, 0.3) is 0 Å². The monoisotopic (exact) mass is 479 g/mol. The van der Waals surface area contributed by atoms with E-state index in [-0.39, 0.29) is 42.5 Å². The normalized spacial score (nSPS) is 21.8. The molecule has 0 spiro atoms. The van der Waals surface area contributed by atoms with Gasteiger partial charge in [0.15, 0.2) is 0 Å². The van der Waals surface area contributed by atoms with E-state index in [0.29, 0.717) is 25.9 Å². The highest BCUT2D eigenvalue weighted by atomic mass is 32.2. The van der Waals surface area contributed by atoms with E-state index in [2.05, 4.69) is 10.3 Å². The van der Waals surface area contributed by atoms with Crippen molar-refractivity contribution in [3.8, 4) is 0 Å². The Kier molecular flexibility index (Phi) is 8.57. The maximum Gasteiger partial charge on any atom is 0.242 e. The van der Waals surface area contributed by atoms with Crippen molar-refractivity contribution in [1.82, 2.24) is 24.2 Å². The van der Waals surface area contributed by atoms with Crippen LogP contribution in [0.3, 0.4) is 0 Å². The summed E-state index contributed by atoms with van der Waals surface area (Å²) in [5.41, 5.74) is 0.773. The lowest BCUT2D eigenvalue weighted by atomic mass is 10.0. The third-order valence-corrected chi connectivity index (χ3v) is 7.87. The number of aryl methyl sites for hydroxylation is 1. The van der Waals surface area contributed by atoms with Gasteiger partial charge in [-0.25, -0.2) is 13.1 Å². The first kappa shape index (κ1) is 25.3. The zero-order valence-corrected chi connectivity index (χ0v) is 20.2. The quantitative estimate of drug-likeness (QED) is 0.660. The Labute approximate surface area is 195 Å². The summed E-state index contributed by atoms with van der Waals surface area (Å²) in [4.78, 5) is 14.8. The number of carbonyl (C=O) groups excluding carboxylic acids is 1. The van der Waals surface area contributed by atoms with Gasteiger partial charge in [0, 0.05) is 39.0 Å². The van der Waals surface area contributed by atoms with E-state index in [4.69, 9.17) is 4.74 Å². The Morgan fingerprint density at radius 2 is 2.03 bits per heavy atom. The molecule has 0 saturated heterocycles. The highest BCUT2D eigenvalue weighted by Gasteiger charge is 2.31. The zero-order chi connectivity index (χ0) is 24.0. The minimum absolute atomic E-state index is 0.0605. The van der Waals surface area contributed by atoms with E-state index in [1.165, 1.54) is 11.4 Å². The van der Waals surface area contributed by atoms with Crippen LogP contribution in [-0.2, 0) is 32.7 Å². The Bertz CT molecular complexity index is 1010. The summed E-state index contributed by atoms with van der Waals surface area (Å²) in [5, 5.41) is 17.7. The zero-order valence-electron chi connectivity index (χ0n) is 19.4.